The Hall–Kier alpha value is -4.18. The third-order valence-electron chi connectivity index (χ3n) is 6.42. The number of nitrogens with one attached hydrogen (secondary N) is 2. The minimum absolute atomic E-state index is 0.0588. The first-order valence-corrected chi connectivity index (χ1v) is 12.8. The number of benzene rings is 2. The van der Waals surface area contributed by atoms with Gasteiger partial charge in [0.2, 0.25) is 5.91 Å². The van der Waals surface area contributed by atoms with Crippen LogP contribution in [-0.2, 0) is 16.1 Å². The maximum Gasteiger partial charge on any atom is 0.410 e. The third-order valence-corrected chi connectivity index (χ3v) is 6.42. The molecule has 10 heteroatoms. The van der Waals surface area contributed by atoms with Gasteiger partial charge >= 0.3 is 6.09 Å². The summed E-state index contributed by atoms with van der Waals surface area (Å²) in [6, 6.07) is 16.2. The summed E-state index contributed by atoms with van der Waals surface area (Å²) in [6.07, 6.45) is -0.580. The molecule has 4 rings (SSSR count). The van der Waals surface area contributed by atoms with E-state index in [0.29, 0.717) is 17.9 Å². The van der Waals surface area contributed by atoms with Crippen LogP contribution in [-0.4, -0.2) is 57.7 Å². The summed E-state index contributed by atoms with van der Waals surface area (Å²) in [4.78, 5) is 43.5. The van der Waals surface area contributed by atoms with Crippen molar-refractivity contribution in [1.29, 1.82) is 0 Å². The SMILES string of the molecule is Cc1cc(COc2ccc(C(=O)N[C@@H]3CN(C(=O)OC(C)(C)C)C[C@H]3CC(=O)NO)cc2)c2ccccc2n1. The van der Waals surface area contributed by atoms with Gasteiger partial charge in [0, 0.05) is 47.6 Å². The molecule has 10 nitrogen and oxygen atoms in total. The number of carbonyl (C=O) groups excluding carboxylic acids is 3. The number of amides is 3. The lowest BCUT2D eigenvalue weighted by molar-refractivity contribution is -0.130. The molecule has 1 aliphatic heterocycles. The molecule has 2 aromatic carbocycles. The molecule has 0 unspecified atom stereocenters. The molecule has 0 saturated carbocycles. The number of pyridine rings is 1. The highest BCUT2D eigenvalue weighted by Crippen LogP contribution is 2.24. The van der Waals surface area contributed by atoms with Crippen LogP contribution < -0.4 is 15.5 Å². The highest BCUT2D eigenvalue weighted by molar-refractivity contribution is 5.94. The van der Waals surface area contributed by atoms with Crippen molar-refractivity contribution in [2.45, 2.75) is 52.4 Å². The lowest BCUT2D eigenvalue weighted by atomic mass is 9.99. The number of hydrogen-bond donors (Lipinski definition) is 3. The van der Waals surface area contributed by atoms with Gasteiger partial charge in [0.15, 0.2) is 0 Å². The van der Waals surface area contributed by atoms with Gasteiger partial charge in [-0.1, -0.05) is 18.2 Å². The minimum atomic E-state index is -0.677. The van der Waals surface area contributed by atoms with Crippen molar-refractivity contribution in [1.82, 2.24) is 20.7 Å². The van der Waals surface area contributed by atoms with E-state index in [1.54, 1.807) is 50.5 Å². The van der Waals surface area contributed by atoms with Crippen LogP contribution in [0.5, 0.6) is 5.75 Å². The molecule has 1 aromatic heterocycles. The molecule has 39 heavy (non-hydrogen) atoms. The van der Waals surface area contributed by atoms with Crippen molar-refractivity contribution in [2.75, 3.05) is 13.1 Å². The van der Waals surface area contributed by atoms with Crippen LogP contribution in [0.2, 0.25) is 0 Å². The van der Waals surface area contributed by atoms with Crippen LogP contribution in [0.4, 0.5) is 4.79 Å². The van der Waals surface area contributed by atoms with Crippen molar-refractivity contribution in [3.63, 3.8) is 0 Å². The van der Waals surface area contributed by atoms with Gasteiger partial charge in [-0.3, -0.25) is 19.8 Å². The quantitative estimate of drug-likeness (QED) is 0.309. The number of rotatable bonds is 7. The van der Waals surface area contributed by atoms with E-state index in [-0.39, 0.29) is 25.4 Å². The zero-order chi connectivity index (χ0) is 28.2. The third kappa shape index (κ3) is 7.23. The van der Waals surface area contributed by atoms with Crippen LogP contribution in [0.3, 0.4) is 0 Å². The Bertz CT molecular complexity index is 1350. The van der Waals surface area contributed by atoms with Crippen LogP contribution >= 0.6 is 0 Å². The molecule has 0 bridgehead atoms. The largest absolute Gasteiger partial charge is 0.489 e. The van der Waals surface area contributed by atoms with E-state index < -0.39 is 29.6 Å². The number of hydroxylamine groups is 1. The van der Waals surface area contributed by atoms with Crippen LogP contribution in [0.1, 0.15) is 48.8 Å². The predicted molar refractivity (Wildman–Crippen MR) is 144 cm³/mol. The number of aromatic nitrogens is 1. The van der Waals surface area contributed by atoms with E-state index >= 15 is 0 Å². The fourth-order valence-electron chi connectivity index (χ4n) is 4.63. The van der Waals surface area contributed by atoms with Crippen LogP contribution in [0.25, 0.3) is 10.9 Å². The second kappa shape index (κ2) is 11.7. The van der Waals surface area contributed by atoms with E-state index in [1.165, 1.54) is 4.90 Å². The number of aryl methyl sites for hydroxylation is 1. The molecule has 0 aliphatic carbocycles. The summed E-state index contributed by atoms with van der Waals surface area (Å²) in [7, 11) is 0. The van der Waals surface area contributed by atoms with Crippen molar-refractivity contribution in [3.05, 3.63) is 71.4 Å². The number of carbonyl (C=O) groups is 3. The molecular weight excluding hydrogens is 500 g/mol. The summed E-state index contributed by atoms with van der Waals surface area (Å²) < 4.78 is 11.4. The monoisotopic (exact) mass is 534 g/mol. The fourth-order valence-corrected chi connectivity index (χ4v) is 4.63. The number of likely N-dealkylation sites (tertiary alicyclic amines) is 1. The Morgan fingerprint density at radius 1 is 1.08 bits per heavy atom. The van der Waals surface area contributed by atoms with E-state index in [4.69, 9.17) is 14.7 Å². The first-order valence-electron chi connectivity index (χ1n) is 12.8. The topological polar surface area (TPSA) is 130 Å². The maximum atomic E-state index is 13.0. The standard InChI is InChI=1S/C29H34N4O6/c1-18-13-21(23-7-5-6-8-24(23)30-18)17-38-22-11-9-19(10-12-22)27(35)31-25-16-33(28(36)39-29(2,3)4)15-20(25)14-26(34)32-37/h5-13,20,25,37H,14-17H2,1-4H3,(H,31,35)(H,32,34)/t20-,25-/m1/s1. The highest BCUT2D eigenvalue weighted by Gasteiger charge is 2.39. The Morgan fingerprint density at radius 3 is 2.49 bits per heavy atom. The van der Waals surface area contributed by atoms with E-state index in [2.05, 4.69) is 10.3 Å². The molecule has 3 N–H and O–H groups in total. The molecule has 3 aromatic rings. The number of hydrogen-bond acceptors (Lipinski definition) is 7. The zero-order valence-corrected chi connectivity index (χ0v) is 22.6. The van der Waals surface area contributed by atoms with Gasteiger partial charge in [0.1, 0.15) is 18.0 Å². The summed E-state index contributed by atoms with van der Waals surface area (Å²) in [5, 5.41) is 12.9. The highest BCUT2D eigenvalue weighted by atomic mass is 16.6. The number of para-hydroxylation sites is 1. The maximum absolute atomic E-state index is 13.0. The van der Waals surface area contributed by atoms with Gasteiger partial charge in [-0.05, 0) is 64.1 Å². The van der Waals surface area contributed by atoms with Crippen molar-refractivity contribution in [3.8, 4) is 5.75 Å². The lowest BCUT2D eigenvalue weighted by Crippen LogP contribution is -2.42. The molecule has 0 spiro atoms. The molecule has 1 fully saturated rings. The van der Waals surface area contributed by atoms with Crippen molar-refractivity contribution in [2.24, 2.45) is 5.92 Å². The van der Waals surface area contributed by atoms with Gasteiger partial charge in [-0.2, -0.15) is 0 Å². The zero-order valence-electron chi connectivity index (χ0n) is 22.6. The van der Waals surface area contributed by atoms with Crippen LogP contribution in [0.15, 0.2) is 54.6 Å². The Balaban J connectivity index is 1.40. The Kier molecular flexibility index (Phi) is 8.35. The first kappa shape index (κ1) is 27.8. The fraction of sp³-hybridized carbons (Fsp3) is 0.379. The summed E-state index contributed by atoms with van der Waals surface area (Å²) in [6.45, 7) is 8.00. The summed E-state index contributed by atoms with van der Waals surface area (Å²) >= 11 is 0. The van der Waals surface area contributed by atoms with Gasteiger partial charge < -0.3 is 19.7 Å². The normalized spacial score (nSPS) is 17.1. The molecule has 2 heterocycles. The number of nitrogens with zero attached hydrogens (tertiary/aromatic N) is 2. The summed E-state index contributed by atoms with van der Waals surface area (Å²) in [5.41, 5.74) is 4.20. The smallest absolute Gasteiger partial charge is 0.410 e. The second-order valence-corrected chi connectivity index (χ2v) is 10.7. The van der Waals surface area contributed by atoms with Crippen molar-refractivity contribution < 1.29 is 29.1 Å². The average Bonchev–Trinajstić information content (AvgIpc) is 3.28. The van der Waals surface area contributed by atoms with Gasteiger partial charge in [-0.25, -0.2) is 10.3 Å². The second-order valence-electron chi connectivity index (χ2n) is 10.7. The number of fused-ring (bicyclic) bond motifs is 1. The Morgan fingerprint density at radius 2 is 1.79 bits per heavy atom. The molecular formula is C29H34N4O6. The predicted octanol–water partition coefficient (Wildman–Crippen LogP) is 3.98. The van der Waals surface area contributed by atoms with Crippen molar-refractivity contribution >= 4 is 28.8 Å². The number of ether oxygens (including phenoxy) is 2. The van der Waals surface area contributed by atoms with E-state index in [0.717, 1.165) is 22.2 Å². The molecule has 206 valence electrons. The van der Waals surface area contributed by atoms with Gasteiger partial charge in [0.05, 0.1) is 11.6 Å². The van der Waals surface area contributed by atoms with E-state index in [1.807, 2.05) is 37.3 Å². The Labute approximate surface area is 227 Å². The first-order chi connectivity index (χ1) is 18.5. The molecule has 0 radical (unpaired) electrons. The molecule has 3 amide bonds. The van der Waals surface area contributed by atoms with Gasteiger partial charge in [0.25, 0.3) is 5.91 Å². The van der Waals surface area contributed by atoms with Crippen LogP contribution in [0, 0.1) is 12.8 Å². The average molecular weight is 535 g/mol. The minimum Gasteiger partial charge on any atom is -0.489 e. The van der Waals surface area contributed by atoms with E-state index in [9.17, 15) is 14.4 Å². The van der Waals surface area contributed by atoms with Gasteiger partial charge in [-0.15, -0.1) is 0 Å². The molecule has 1 aliphatic rings. The summed E-state index contributed by atoms with van der Waals surface area (Å²) in [5.74, 6) is -0.721. The molecule has 2 atom stereocenters. The molecule has 1 saturated heterocycles. The lowest BCUT2D eigenvalue weighted by Gasteiger charge is -2.24.